The van der Waals surface area contributed by atoms with Crippen LogP contribution in [0.25, 0.3) is 0 Å². The topological polar surface area (TPSA) is 95.9 Å². The Morgan fingerprint density at radius 1 is 1.33 bits per heavy atom. The van der Waals surface area contributed by atoms with Gasteiger partial charge in [-0.05, 0) is 24.3 Å². The number of carbonyl (C=O) groups excluding carboxylic acids is 2. The van der Waals surface area contributed by atoms with E-state index in [1.165, 1.54) is 12.1 Å². The summed E-state index contributed by atoms with van der Waals surface area (Å²) in [6.07, 6.45) is 1.11. The Morgan fingerprint density at radius 3 is 2.67 bits per heavy atom. The summed E-state index contributed by atoms with van der Waals surface area (Å²) in [6, 6.07) is 3.60. The Hall–Kier alpha value is -2.50. The molecule has 0 aliphatic heterocycles. The quantitative estimate of drug-likeness (QED) is 0.307. The standard InChI is InChI=1S/C12H13NO5/c1-2-11(16)13-5-6-18-12(17)8-3-4-9(14)10(15)7-8/h2-4,7,14-15H,1,5-6H2,(H,13,16). The molecule has 0 spiro atoms. The molecule has 6 heteroatoms. The number of nitrogens with one attached hydrogen (secondary N) is 1. The number of aromatic hydroxyl groups is 2. The minimum atomic E-state index is -0.654. The first-order valence-corrected chi connectivity index (χ1v) is 5.14. The third-order valence-corrected chi connectivity index (χ3v) is 2.03. The predicted octanol–water partition coefficient (Wildman–Crippen LogP) is 0.557. The Morgan fingerprint density at radius 2 is 2.06 bits per heavy atom. The van der Waals surface area contributed by atoms with Crippen molar-refractivity contribution in [1.29, 1.82) is 0 Å². The number of benzene rings is 1. The largest absolute Gasteiger partial charge is 0.504 e. The highest BCUT2D eigenvalue weighted by molar-refractivity contribution is 5.90. The van der Waals surface area contributed by atoms with Gasteiger partial charge in [-0.25, -0.2) is 4.79 Å². The van der Waals surface area contributed by atoms with Gasteiger partial charge in [0.2, 0.25) is 5.91 Å². The normalized spacial score (nSPS) is 9.56. The van der Waals surface area contributed by atoms with E-state index in [-0.39, 0.29) is 30.4 Å². The molecule has 1 aromatic carbocycles. The van der Waals surface area contributed by atoms with Crippen LogP contribution in [0.15, 0.2) is 30.9 Å². The number of hydrogen-bond acceptors (Lipinski definition) is 5. The molecular weight excluding hydrogens is 238 g/mol. The third-order valence-electron chi connectivity index (χ3n) is 2.03. The second-order valence-electron chi connectivity index (χ2n) is 3.33. The number of esters is 1. The fraction of sp³-hybridized carbons (Fsp3) is 0.167. The van der Waals surface area contributed by atoms with Gasteiger partial charge in [0.15, 0.2) is 11.5 Å². The molecule has 1 aromatic rings. The molecule has 1 amide bonds. The number of phenols is 2. The molecule has 18 heavy (non-hydrogen) atoms. The van der Waals surface area contributed by atoms with E-state index in [0.717, 1.165) is 12.1 Å². The average Bonchev–Trinajstić information content (AvgIpc) is 2.37. The van der Waals surface area contributed by atoms with Crippen LogP contribution in [0.5, 0.6) is 11.5 Å². The van der Waals surface area contributed by atoms with E-state index in [9.17, 15) is 14.7 Å². The van der Waals surface area contributed by atoms with Gasteiger partial charge in [-0.3, -0.25) is 4.79 Å². The molecule has 3 N–H and O–H groups in total. The molecule has 0 aromatic heterocycles. The summed E-state index contributed by atoms with van der Waals surface area (Å²) >= 11 is 0. The molecule has 0 aliphatic carbocycles. The van der Waals surface area contributed by atoms with Crippen molar-refractivity contribution in [3.05, 3.63) is 36.4 Å². The molecule has 1 rings (SSSR count). The number of carbonyl (C=O) groups is 2. The number of phenolic OH excluding ortho intramolecular Hbond substituents is 2. The van der Waals surface area contributed by atoms with Gasteiger partial charge in [-0.2, -0.15) is 0 Å². The van der Waals surface area contributed by atoms with Crippen molar-refractivity contribution in [2.45, 2.75) is 0 Å². The molecule has 0 saturated heterocycles. The van der Waals surface area contributed by atoms with Crippen molar-refractivity contribution in [2.24, 2.45) is 0 Å². The first-order chi connectivity index (χ1) is 8.54. The molecular formula is C12H13NO5. The van der Waals surface area contributed by atoms with Crippen LogP contribution in [0.2, 0.25) is 0 Å². The maximum atomic E-state index is 11.5. The maximum Gasteiger partial charge on any atom is 0.338 e. The molecule has 0 bridgehead atoms. The lowest BCUT2D eigenvalue weighted by Crippen LogP contribution is -2.26. The van der Waals surface area contributed by atoms with Crippen molar-refractivity contribution < 1.29 is 24.5 Å². The van der Waals surface area contributed by atoms with Crippen LogP contribution in [0.1, 0.15) is 10.4 Å². The average molecular weight is 251 g/mol. The second-order valence-corrected chi connectivity index (χ2v) is 3.33. The van der Waals surface area contributed by atoms with Crippen molar-refractivity contribution in [2.75, 3.05) is 13.2 Å². The molecule has 0 aliphatic rings. The van der Waals surface area contributed by atoms with Gasteiger partial charge in [-0.15, -0.1) is 0 Å². The zero-order valence-electron chi connectivity index (χ0n) is 9.55. The van der Waals surface area contributed by atoms with Gasteiger partial charge in [0.05, 0.1) is 12.1 Å². The Balaban J connectivity index is 2.43. The summed E-state index contributed by atoms with van der Waals surface area (Å²) in [6.45, 7) is 3.44. The minimum absolute atomic E-state index is 0.0000513. The number of rotatable bonds is 5. The zero-order valence-corrected chi connectivity index (χ0v) is 9.55. The highest BCUT2D eigenvalue weighted by Gasteiger charge is 2.09. The van der Waals surface area contributed by atoms with E-state index < -0.39 is 11.7 Å². The van der Waals surface area contributed by atoms with E-state index >= 15 is 0 Å². The van der Waals surface area contributed by atoms with Crippen LogP contribution < -0.4 is 5.32 Å². The van der Waals surface area contributed by atoms with Gasteiger partial charge in [-0.1, -0.05) is 6.58 Å². The SMILES string of the molecule is C=CC(=O)NCCOC(=O)c1ccc(O)c(O)c1. The molecule has 0 heterocycles. The summed E-state index contributed by atoms with van der Waals surface area (Å²) in [5.74, 6) is -1.72. The molecule has 0 atom stereocenters. The highest BCUT2D eigenvalue weighted by atomic mass is 16.5. The van der Waals surface area contributed by atoms with Gasteiger partial charge >= 0.3 is 5.97 Å². The number of ether oxygens (including phenoxy) is 1. The summed E-state index contributed by atoms with van der Waals surface area (Å²) < 4.78 is 4.84. The fourth-order valence-electron chi connectivity index (χ4n) is 1.12. The van der Waals surface area contributed by atoms with Crippen LogP contribution in [-0.4, -0.2) is 35.2 Å². The monoisotopic (exact) mass is 251 g/mol. The van der Waals surface area contributed by atoms with Crippen molar-refractivity contribution in [3.63, 3.8) is 0 Å². The van der Waals surface area contributed by atoms with Crippen molar-refractivity contribution >= 4 is 11.9 Å². The first-order valence-electron chi connectivity index (χ1n) is 5.14. The molecule has 0 saturated carbocycles. The fourth-order valence-corrected chi connectivity index (χ4v) is 1.12. The second kappa shape index (κ2) is 6.29. The van der Waals surface area contributed by atoms with E-state index in [4.69, 9.17) is 9.84 Å². The lowest BCUT2D eigenvalue weighted by atomic mass is 10.2. The molecule has 96 valence electrons. The molecule has 0 radical (unpaired) electrons. The molecule has 6 nitrogen and oxygen atoms in total. The van der Waals surface area contributed by atoms with Crippen LogP contribution in [0.3, 0.4) is 0 Å². The van der Waals surface area contributed by atoms with Gasteiger partial charge in [0.25, 0.3) is 0 Å². The van der Waals surface area contributed by atoms with Crippen LogP contribution in [0.4, 0.5) is 0 Å². The lowest BCUT2D eigenvalue weighted by Gasteiger charge is -2.06. The summed E-state index contributed by atoms with van der Waals surface area (Å²) in [5.41, 5.74) is 0.111. The lowest BCUT2D eigenvalue weighted by molar-refractivity contribution is -0.116. The van der Waals surface area contributed by atoms with Crippen molar-refractivity contribution in [3.8, 4) is 11.5 Å². The Labute approximate surface area is 104 Å². The Bertz CT molecular complexity index is 470. The number of hydrogen-bond donors (Lipinski definition) is 3. The van der Waals surface area contributed by atoms with E-state index in [1.807, 2.05) is 0 Å². The van der Waals surface area contributed by atoms with Crippen LogP contribution >= 0.6 is 0 Å². The predicted molar refractivity (Wildman–Crippen MR) is 63.3 cm³/mol. The zero-order chi connectivity index (χ0) is 13.5. The first kappa shape index (κ1) is 13.6. The highest BCUT2D eigenvalue weighted by Crippen LogP contribution is 2.24. The molecule has 0 unspecified atom stereocenters. The van der Waals surface area contributed by atoms with Gasteiger partial charge in [0.1, 0.15) is 6.61 Å². The summed E-state index contributed by atoms with van der Waals surface area (Å²) in [7, 11) is 0. The Kier molecular flexibility index (Phi) is 4.74. The smallest absolute Gasteiger partial charge is 0.338 e. The van der Waals surface area contributed by atoms with Crippen LogP contribution in [-0.2, 0) is 9.53 Å². The van der Waals surface area contributed by atoms with E-state index in [2.05, 4.69) is 11.9 Å². The third kappa shape index (κ3) is 3.82. The van der Waals surface area contributed by atoms with Crippen LogP contribution in [0, 0.1) is 0 Å². The summed E-state index contributed by atoms with van der Waals surface area (Å²) in [5, 5.41) is 20.7. The number of amides is 1. The maximum absolute atomic E-state index is 11.5. The van der Waals surface area contributed by atoms with Crippen molar-refractivity contribution in [1.82, 2.24) is 5.32 Å². The summed E-state index contributed by atoms with van der Waals surface area (Å²) in [4.78, 5) is 22.3. The van der Waals surface area contributed by atoms with Gasteiger partial charge < -0.3 is 20.3 Å². The molecule has 0 fully saturated rings. The van der Waals surface area contributed by atoms with Gasteiger partial charge in [0, 0.05) is 0 Å². The van der Waals surface area contributed by atoms with E-state index in [1.54, 1.807) is 0 Å². The van der Waals surface area contributed by atoms with E-state index in [0.29, 0.717) is 0 Å². The minimum Gasteiger partial charge on any atom is -0.504 e.